The molecule has 2 aromatic carbocycles. The number of hydrogen-bond acceptors (Lipinski definition) is 5. The third kappa shape index (κ3) is 5.11. The van der Waals surface area contributed by atoms with Gasteiger partial charge in [-0.15, -0.1) is 12.4 Å². The molecule has 0 aliphatic carbocycles. The van der Waals surface area contributed by atoms with Gasteiger partial charge in [0.25, 0.3) is 5.56 Å². The quantitative estimate of drug-likeness (QED) is 0.567. The summed E-state index contributed by atoms with van der Waals surface area (Å²) in [6.45, 7) is 5.33. The Morgan fingerprint density at radius 3 is 2.35 bits per heavy atom. The molecule has 1 N–H and O–H groups in total. The highest BCUT2D eigenvalue weighted by Crippen LogP contribution is 2.28. The van der Waals surface area contributed by atoms with E-state index in [1.54, 1.807) is 19.2 Å². The van der Waals surface area contributed by atoms with Crippen LogP contribution in [0.3, 0.4) is 0 Å². The van der Waals surface area contributed by atoms with Gasteiger partial charge in [-0.3, -0.25) is 14.3 Å². The number of ether oxygens (including phenoxy) is 1. The normalized spacial score (nSPS) is 14.4. The second kappa shape index (κ2) is 10.5. The molecule has 0 radical (unpaired) electrons. The number of piperazine rings is 1. The fourth-order valence-electron chi connectivity index (χ4n) is 4.11. The molecule has 0 amide bonds. The van der Waals surface area contributed by atoms with Crippen LogP contribution in [0.5, 0.6) is 5.75 Å². The molecule has 0 bridgehead atoms. The Balaban J connectivity index is 0.00000272. The van der Waals surface area contributed by atoms with Crippen molar-refractivity contribution >= 4 is 29.0 Å². The van der Waals surface area contributed by atoms with Gasteiger partial charge in [-0.1, -0.05) is 24.3 Å². The number of nitrogens with one attached hydrogen (secondary N) is 1. The number of halogens is 1. The zero-order chi connectivity index (χ0) is 20.9. The van der Waals surface area contributed by atoms with Gasteiger partial charge in [-0.25, -0.2) is 4.79 Å². The summed E-state index contributed by atoms with van der Waals surface area (Å²) < 4.78 is 6.80. The average molecular weight is 445 g/mol. The predicted molar refractivity (Wildman–Crippen MR) is 127 cm³/mol. The van der Waals surface area contributed by atoms with E-state index in [0.29, 0.717) is 17.4 Å². The van der Waals surface area contributed by atoms with Crippen LogP contribution in [0.1, 0.15) is 12.8 Å². The van der Waals surface area contributed by atoms with E-state index in [9.17, 15) is 9.59 Å². The molecule has 1 aliphatic heterocycles. The first-order valence-electron chi connectivity index (χ1n) is 10.5. The van der Waals surface area contributed by atoms with Crippen LogP contribution in [0, 0.1) is 0 Å². The highest BCUT2D eigenvalue weighted by molar-refractivity contribution is 5.85. The van der Waals surface area contributed by atoms with Crippen LogP contribution in [-0.2, 0) is 6.54 Å². The largest absolute Gasteiger partial charge is 0.495 e. The van der Waals surface area contributed by atoms with Crippen LogP contribution in [0.4, 0.5) is 5.69 Å². The molecule has 166 valence electrons. The number of benzene rings is 2. The van der Waals surface area contributed by atoms with Crippen molar-refractivity contribution in [2.75, 3.05) is 44.7 Å². The van der Waals surface area contributed by atoms with E-state index < -0.39 is 0 Å². The molecule has 8 heteroatoms. The lowest BCUT2D eigenvalue weighted by Gasteiger charge is -2.36. The van der Waals surface area contributed by atoms with Gasteiger partial charge >= 0.3 is 5.69 Å². The summed E-state index contributed by atoms with van der Waals surface area (Å²) >= 11 is 0. The molecule has 7 nitrogen and oxygen atoms in total. The lowest BCUT2D eigenvalue weighted by Crippen LogP contribution is -2.46. The van der Waals surface area contributed by atoms with E-state index in [1.807, 2.05) is 30.3 Å². The minimum Gasteiger partial charge on any atom is -0.495 e. The summed E-state index contributed by atoms with van der Waals surface area (Å²) in [5.41, 5.74) is 1.20. The number of hydrogen-bond donors (Lipinski definition) is 1. The Hall–Kier alpha value is -2.77. The first kappa shape index (κ1) is 22.9. The standard InChI is InChI=1S/C23H28N4O3.ClH/c1-30-21-11-5-4-10-20(21)26-16-14-25(15-17-26)12-6-7-13-27-22(28)18-8-2-3-9-19(18)24-23(27)29;/h2-5,8-11H,6-7,12-17H2,1H3,(H,24,29);1H. The van der Waals surface area contributed by atoms with Crippen molar-refractivity contribution in [3.8, 4) is 5.75 Å². The summed E-state index contributed by atoms with van der Waals surface area (Å²) in [6, 6.07) is 15.3. The minimum atomic E-state index is -0.330. The highest BCUT2D eigenvalue weighted by Gasteiger charge is 2.19. The van der Waals surface area contributed by atoms with Gasteiger partial charge in [0.1, 0.15) is 5.75 Å². The molecule has 4 rings (SSSR count). The number of rotatable bonds is 7. The van der Waals surface area contributed by atoms with Gasteiger partial charge in [0.05, 0.1) is 23.7 Å². The summed E-state index contributed by atoms with van der Waals surface area (Å²) in [4.78, 5) is 32.4. The third-order valence-corrected chi connectivity index (χ3v) is 5.79. The number of nitrogens with zero attached hydrogens (tertiary/aromatic N) is 3. The van der Waals surface area contributed by atoms with Crippen molar-refractivity contribution < 1.29 is 4.74 Å². The highest BCUT2D eigenvalue weighted by atomic mass is 35.5. The molecule has 2 heterocycles. The van der Waals surface area contributed by atoms with Crippen molar-refractivity contribution in [1.82, 2.24) is 14.5 Å². The average Bonchev–Trinajstić information content (AvgIpc) is 2.79. The van der Waals surface area contributed by atoms with Gasteiger partial charge in [0, 0.05) is 32.7 Å². The van der Waals surface area contributed by atoms with Crippen LogP contribution in [-0.4, -0.2) is 54.3 Å². The number of H-pyrrole nitrogens is 1. The summed E-state index contributed by atoms with van der Waals surface area (Å²) in [5.74, 6) is 0.914. The Morgan fingerprint density at radius 1 is 0.903 bits per heavy atom. The van der Waals surface area contributed by atoms with Crippen LogP contribution >= 0.6 is 12.4 Å². The molecule has 1 aromatic heterocycles. The van der Waals surface area contributed by atoms with Gasteiger partial charge in [-0.2, -0.15) is 0 Å². The Morgan fingerprint density at radius 2 is 1.58 bits per heavy atom. The topological polar surface area (TPSA) is 70.6 Å². The van der Waals surface area contributed by atoms with Crippen molar-refractivity contribution in [1.29, 1.82) is 0 Å². The van der Waals surface area contributed by atoms with Gasteiger partial charge in [0.15, 0.2) is 0 Å². The van der Waals surface area contributed by atoms with E-state index in [2.05, 4.69) is 20.9 Å². The molecule has 3 aromatic rings. The SMILES string of the molecule is COc1ccccc1N1CCN(CCCCn2c(=O)[nH]c3ccccc3c2=O)CC1.Cl. The maximum atomic E-state index is 12.6. The number of unbranched alkanes of at least 4 members (excludes halogenated alkanes) is 1. The summed E-state index contributed by atoms with van der Waals surface area (Å²) in [5, 5.41) is 0.560. The zero-order valence-corrected chi connectivity index (χ0v) is 18.6. The molecule has 31 heavy (non-hydrogen) atoms. The minimum absolute atomic E-state index is 0. The molecule has 0 spiro atoms. The second-order valence-corrected chi connectivity index (χ2v) is 7.64. The molecule has 0 unspecified atom stereocenters. The Kier molecular flexibility index (Phi) is 7.76. The predicted octanol–water partition coefficient (Wildman–Crippen LogP) is 2.72. The maximum Gasteiger partial charge on any atom is 0.328 e. The fourth-order valence-corrected chi connectivity index (χ4v) is 4.11. The maximum absolute atomic E-state index is 12.6. The second-order valence-electron chi connectivity index (χ2n) is 7.64. The monoisotopic (exact) mass is 444 g/mol. The number of para-hydroxylation sites is 3. The third-order valence-electron chi connectivity index (χ3n) is 5.79. The lowest BCUT2D eigenvalue weighted by atomic mass is 10.2. The van der Waals surface area contributed by atoms with E-state index in [1.165, 1.54) is 4.57 Å². The summed E-state index contributed by atoms with van der Waals surface area (Å²) in [7, 11) is 1.71. The molecule has 0 saturated carbocycles. The van der Waals surface area contributed by atoms with Crippen LogP contribution < -0.4 is 20.9 Å². The van der Waals surface area contributed by atoms with Gasteiger partial charge < -0.3 is 14.6 Å². The number of aromatic nitrogens is 2. The number of fused-ring (bicyclic) bond motifs is 1. The van der Waals surface area contributed by atoms with E-state index in [-0.39, 0.29) is 23.7 Å². The van der Waals surface area contributed by atoms with E-state index in [0.717, 1.165) is 57.0 Å². The molecule has 1 fully saturated rings. The molecule has 1 aliphatic rings. The zero-order valence-electron chi connectivity index (χ0n) is 17.8. The summed E-state index contributed by atoms with van der Waals surface area (Å²) in [6.07, 6.45) is 1.75. The number of anilines is 1. The van der Waals surface area contributed by atoms with Crippen LogP contribution in [0.25, 0.3) is 10.9 Å². The molecular formula is C23H29ClN4O3. The first-order valence-corrected chi connectivity index (χ1v) is 10.5. The van der Waals surface area contributed by atoms with Crippen molar-refractivity contribution in [2.24, 2.45) is 0 Å². The van der Waals surface area contributed by atoms with Crippen molar-refractivity contribution in [3.05, 3.63) is 69.4 Å². The molecule has 0 atom stereocenters. The fraction of sp³-hybridized carbons (Fsp3) is 0.391. The van der Waals surface area contributed by atoms with Gasteiger partial charge in [0.2, 0.25) is 0 Å². The van der Waals surface area contributed by atoms with Crippen LogP contribution in [0.15, 0.2) is 58.1 Å². The molecular weight excluding hydrogens is 416 g/mol. The van der Waals surface area contributed by atoms with Crippen molar-refractivity contribution in [2.45, 2.75) is 19.4 Å². The number of methoxy groups -OCH3 is 1. The van der Waals surface area contributed by atoms with Gasteiger partial charge in [-0.05, 0) is 43.7 Å². The number of aromatic amines is 1. The lowest BCUT2D eigenvalue weighted by molar-refractivity contribution is 0.250. The van der Waals surface area contributed by atoms with E-state index in [4.69, 9.17) is 4.74 Å². The van der Waals surface area contributed by atoms with Crippen LogP contribution in [0.2, 0.25) is 0 Å². The smallest absolute Gasteiger partial charge is 0.328 e. The Bertz CT molecular complexity index is 1120. The Labute approximate surface area is 187 Å². The van der Waals surface area contributed by atoms with E-state index >= 15 is 0 Å². The molecule has 1 saturated heterocycles. The first-order chi connectivity index (χ1) is 14.7. The van der Waals surface area contributed by atoms with Crippen molar-refractivity contribution in [3.63, 3.8) is 0 Å².